The number of ketones is 1. The van der Waals surface area contributed by atoms with E-state index in [-0.39, 0.29) is 18.4 Å². The van der Waals surface area contributed by atoms with Crippen molar-refractivity contribution in [1.82, 2.24) is 19.8 Å². The first-order valence-corrected chi connectivity index (χ1v) is 9.47. The lowest BCUT2D eigenvalue weighted by Gasteiger charge is -2.20. The van der Waals surface area contributed by atoms with Gasteiger partial charge in [-0.1, -0.05) is 6.07 Å². The summed E-state index contributed by atoms with van der Waals surface area (Å²) in [6.07, 6.45) is 1.56. The number of ether oxygens (including phenoxy) is 1. The van der Waals surface area contributed by atoms with Crippen molar-refractivity contribution < 1.29 is 19.1 Å². The van der Waals surface area contributed by atoms with Crippen molar-refractivity contribution in [2.75, 3.05) is 20.3 Å². The number of methoxy groups -OCH3 is 1. The van der Waals surface area contributed by atoms with E-state index in [1.54, 1.807) is 44.5 Å². The van der Waals surface area contributed by atoms with Crippen molar-refractivity contribution in [3.05, 3.63) is 53.1 Å². The van der Waals surface area contributed by atoms with Gasteiger partial charge in [0, 0.05) is 30.3 Å². The number of nitrogens with one attached hydrogen (secondary N) is 1. The van der Waals surface area contributed by atoms with Crippen molar-refractivity contribution in [1.29, 1.82) is 0 Å². The predicted molar refractivity (Wildman–Crippen MR) is 107 cm³/mol. The molecule has 0 aromatic carbocycles. The number of hydrogen-bond acceptors (Lipinski definition) is 5. The largest absolute Gasteiger partial charge is 0.383 e. The molecule has 1 N–H and O–H groups in total. The van der Waals surface area contributed by atoms with Crippen LogP contribution < -0.4 is 5.32 Å². The Morgan fingerprint density at radius 1 is 1.31 bits per heavy atom. The van der Waals surface area contributed by atoms with E-state index in [4.69, 9.17) is 4.74 Å². The second-order valence-electron chi connectivity index (χ2n) is 7.54. The first kappa shape index (κ1) is 20.7. The zero-order valence-corrected chi connectivity index (χ0v) is 17.4. The number of rotatable bonds is 7. The molecule has 0 saturated carbocycles. The van der Waals surface area contributed by atoms with Crippen molar-refractivity contribution in [3.8, 4) is 0 Å². The van der Waals surface area contributed by atoms with Crippen molar-refractivity contribution in [3.63, 3.8) is 0 Å². The van der Waals surface area contributed by atoms with Gasteiger partial charge in [-0.3, -0.25) is 19.5 Å². The average Bonchev–Trinajstić information content (AvgIpc) is 3.10. The molecule has 8 nitrogen and oxygen atoms in total. The molecule has 1 saturated heterocycles. The van der Waals surface area contributed by atoms with Crippen LogP contribution in [0.5, 0.6) is 0 Å². The fourth-order valence-corrected chi connectivity index (χ4v) is 3.95. The molecule has 2 atom stereocenters. The zero-order chi connectivity index (χ0) is 21.3. The Labute approximate surface area is 169 Å². The van der Waals surface area contributed by atoms with Crippen LogP contribution in [-0.2, 0) is 15.1 Å². The summed E-state index contributed by atoms with van der Waals surface area (Å²) >= 11 is 0. The molecule has 0 radical (unpaired) electrons. The minimum absolute atomic E-state index is 0.0608. The highest BCUT2D eigenvalue weighted by atomic mass is 16.5. The molecule has 1 aliphatic heterocycles. The number of imide groups is 1. The van der Waals surface area contributed by atoms with Gasteiger partial charge in [0.1, 0.15) is 0 Å². The Hall–Kier alpha value is -3.00. The molecule has 2 aromatic rings. The maximum atomic E-state index is 13.0. The Morgan fingerprint density at radius 3 is 2.66 bits per heavy atom. The standard InChI is InChI=1S/C21H26N4O4/c1-13-10-16(15(3)25(13)14(2)12-29-5)17(26)11-24-19(27)21(4,23-20(24)28)18-8-6-7-9-22-18/h6-10,14H,11-12H2,1-5H3,(H,23,28). The van der Waals surface area contributed by atoms with Crippen LogP contribution >= 0.6 is 0 Å². The van der Waals surface area contributed by atoms with Crippen molar-refractivity contribution >= 4 is 17.7 Å². The molecule has 0 aliphatic carbocycles. The highest BCUT2D eigenvalue weighted by molar-refractivity contribution is 6.11. The minimum atomic E-state index is -1.29. The average molecular weight is 398 g/mol. The molecule has 3 heterocycles. The molecule has 1 aliphatic rings. The number of pyridine rings is 1. The van der Waals surface area contributed by atoms with Crippen molar-refractivity contribution in [2.45, 2.75) is 39.3 Å². The lowest BCUT2D eigenvalue weighted by molar-refractivity contribution is -0.130. The predicted octanol–water partition coefficient (Wildman–Crippen LogP) is 2.36. The molecule has 0 bridgehead atoms. The topological polar surface area (TPSA) is 93.5 Å². The van der Waals surface area contributed by atoms with Gasteiger partial charge in [-0.15, -0.1) is 0 Å². The van der Waals surface area contributed by atoms with Gasteiger partial charge in [0.2, 0.25) is 0 Å². The van der Waals surface area contributed by atoms with Crippen LogP contribution in [-0.4, -0.2) is 52.4 Å². The molecule has 3 rings (SSSR count). The summed E-state index contributed by atoms with van der Waals surface area (Å²) in [7, 11) is 1.63. The molecule has 0 spiro atoms. The van der Waals surface area contributed by atoms with E-state index in [2.05, 4.69) is 10.3 Å². The Bertz CT molecular complexity index is 953. The summed E-state index contributed by atoms with van der Waals surface area (Å²) in [4.78, 5) is 43.6. The van der Waals surface area contributed by atoms with Crippen LogP contribution in [0.15, 0.2) is 30.5 Å². The summed E-state index contributed by atoms with van der Waals surface area (Å²) in [6.45, 7) is 7.57. The Balaban J connectivity index is 1.84. The van der Waals surface area contributed by atoms with Gasteiger partial charge in [0.15, 0.2) is 11.3 Å². The van der Waals surface area contributed by atoms with Crippen LogP contribution in [0.4, 0.5) is 4.79 Å². The number of amides is 3. The number of carbonyl (C=O) groups excluding carboxylic acids is 3. The van der Waals surface area contributed by atoms with Crippen LogP contribution in [0, 0.1) is 13.8 Å². The van der Waals surface area contributed by atoms with Gasteiger partial charge in [-0.2, -0.15) is 0 Å². The SMILES string of the molecule is COCC(C)n1c(C)cc(C(=O)CN2C(=O)NC(C)(c3ccccn3)C2=O)c1C. The normalized spacial score (nSPS) is 20.1. The monoisotopic (exact) mass is 398 g/mol. The lowest BCUT2D eigenvalue weighted by Crippen LogP contribution is -2.42. The van der Waals surface area contributed by atoms with E-state index in [0.717, 1.165) is 16.3 Å². The summed E-state index contributed by atoms with van der Waals surface area (Å²) in [5.41, 5.74) is 1.35. The van der Waals surface area contributed by atoms with E-state index in [1.807, 2.05) is 25.3 Å². The number of Topliss-reactive ketones (excluding diaryl/α,β-unsaturated/α-hetero) is 1. The van der Waals surface area contributed by atoms with Crippen molar-refractivity contribution in [2.24, 2.45) is 0 Å². The molecule has 2 unspecified atom stereocenters. The lowest BCUT2D eigenvalue weighted by atomic mass is 9.97. The van der Waals surface area contributed by atoms with E-state index < -0.39 is 17.5 Å². The Kier molecular flexibility index (Phi) is 5.57. The number of nitrogens with zero attached hydrogens (tertiary/aromatic N) is 3. The third-order valence-corrected chi connectivity index (χ3v) is 5.39. The first-order chi connectivity index (χ1) is 13.7. The van der Waals surface area contributed by atoms with Crippen LogP contribution in [0.1, 0.15) is 47.3 Å². The highest BCUT2D eigenvalue weighted by Crippen LogP contribution is 2.28. The number of carbonyl (C=O) groups is 3. The molecular formula is C21H26N4O4. The number of hydrogen-bond donors (Lipinski definition) is 1. The van der Waals surface area contributed by atoms with Crippen LogP contribution in [0.25, 0.3) is 0 Å². The smallest absolute Gasteiger partial charge is 0.325 e. The zero-order valence-electron chi connectivity index (χ0n) is 17.4. The number of aryl methyl sites for hydroxylation is 1. The molecular weight excluding hydrogens is 372 g/mol. The van der Waals surface area contributed by atoms with Crippen LogP contribution in [0.2, 0.25) is 0 Å². The fraction of sp³-hybridized carbons (Fsp3) is 0.429. The Morgan fingerprint density at radius 2 is 2.03 bits per heavy atom. The number of aromatic nitrogens is 2. The number of urea groups is 1. The minimum Gasteiger partial charge on any atom is -0.383 e. The molecule has 154 valence electrons. The van der Waals surface area contributed by atoms with Gasteiger partial charge >= 0.3 is 6.03 Å². The van der Waals surface area contributed by atoms with Gasteiger partial charge in [-0.05, 0) is 45.9 Å². The summed E-state index contributed by atoms with van der Waals surface area (Å²) < 4.78 is 7.25. The second kappa shape index (κ2) is 7.79. The third-order valence-electron chi connectivity index (χ3n) is 5.39. The molecule has 29 heavy (non-hydrogen) atoms. The third kappa shape index (κ3) is 3.55. The van der Waals surface area contributed by atoms with Crippen LogP contribution in [0.3, 0.4) is 0 Å². The van der Waals surface area contributed by atoms with Gasteiger partial charge in [0.25, 0.3) is 5.91 Å². The first-order valence-electron chi connectivity index (χ1n) is 9.47. The summed E-state index contributed by atoms with van der Waals surface area (Å²) in [6, 6.07) is 6.41. The molecule has 8 heteroatoms. The fourth-order valence-electron chi connectivity index (χ4n) is 3.95. The quantitative estimate of drug-likeness (QED) is 0.571. The highest BCUT2D eigenvalue weighted by Gasteiger charge is 2.50. The van der Waals surface area contributed by atoms with Gasteiger partial charge in [0.05, 0.1) is 24.9 Å². The molecule has 3 amide bonds. The van der Waals surface area contributed by atoms with Gasteiger partial charge < -0.3 is 14.6 Å². The van der Waals surface area contributed by atoms with E-state index in [9.17, 15) is 14.4 Å². The molecule has 1 fully saturated rings. The van der Waals surface area contributed by atoms with E-state index in [0.29, 0.717) is 17.9 Å². The second-order valence-corrected chi connectivity index (χ2v) is 7.54. The molecule has 2 aromatic heterocycles. The maximum absolute atomic E-state index is 13.0. The van der Waals surface area contributed by atoms with E-state index in [1.165, 1.54) is 0 Å². The van der Waals surface area contributed by atoms with E-state index >= 15 is 0 Å². The maximum Gasteiger partial charge on any atom is 0.325 e. The van der Waals surface area contributed by atoms with Gasteiger partial charge in [-0.25, -0.2) is 4.79 Å². The summed E-state index contributed by atoms with van der Waals surface area (Å²) in [5, 5.41) is 2.67. The summed E-state index contributed by atoms with van der Waals surface area (Å²) in [5.74, 6) is -0.779.